The van der Waals surface area contributed by atoms with Gasteiger partial charge >= 0.3 is 0 Å². The number of hydrogen-bond acceptors (Lipinski definition) is 2. The molecule has 0 aliphatic carbocycles. The van der Waals surface area contributed by atoms with Gasteiger partial charge in [-0.25, -0.2) is 0 Å². The number of benzene rings is 1. The van der Waals surface area contributed by atoms with Crippen LogP contribution in [0.4, 0.5) is 5.69 Å². The molecule has 10 heavy (non-hydrogen) atoms. The average Bonchev–Trinajstić information content (AvgIpc) is 1.88. The fourth-order valence-corrected chi connectivity index (χ4v) is 0.939. The Morgan fingerprint density at radius 2 is 2.00 bits per heavy atom. The van der Waals surface area contributed by atoms with E-state index in [0.717, 1.165) is 11.3 Å². The summed E-state index contributed by atoms with van der Waals surface area (Å²) in [5.74, 6) is 0. The molecule has 0 radical (unpaired) electrons. The van der Waals surface area contributed by atoms with Crippen LogP contribution in [0.2, 0.25) is 0 Å². The Morgan fingerprint density at radius 1 is 1.30 bits per heavy atom. The van der Waals surface area contributed by atoms with Gasteiger partial charge in [-0.05, 0) is 25.5 Å². The van der Waals surface area contributed by atoms with E-state index in [1.54, 1.807) is 0 Å². The van der Waals surface area contributed by atoms with Gasteiger partial charge in [-0.15, -0.1) is 0 Å². The maximum Gasteiger partial charge on any atom is 0.0631 e. The van der Waals surface area contributed by atoms with Crippen LogP contribution in [0.3, 0.4) is 0 Å². The van der Waals surface area contributed by atoms with E-state index in [9.17, 15) is 0 Å². The van der Waals surface area contributed by atoms with Crippen molar-refractivity contribution in [2.75, 3.05) is 5.48 Å². The highest BCUT2D eigenvalue weighted by molar-refractivity contribution is 5.49. The number of nitrogens with one attached hydrogen (secondary N) is 1. The van der Waals surface area contributed by atoms with Crippen LogP contribution in [0.15, 0.2) is 18.2 Å². The second-order valence-electron chi connectivity index (χ2n) is 2.43. The molecular formula is C8H11NO. The van der Waals surface area contributed by atoms with Gasteiger partial charge < -0.3 is 0 Å². The summed E-state index contributed by atoms with van der Waals surface area (Å²) >= 11 is 0. The molecule has 2 N–H and O–H groups in total. The van der Waals surface area contributed by atoms with Gasteiger partial charge in [0.1, 0.15) is 0 Å². The monoisotopic (exact) mass is 137 g/mol. The average molecular weight is 137 g/mol. The molecule has 54 valence electrons. The molecule has 2 heteroatoms. The van der Waals surface area contributed by atoms with E-state index in [-0.39, 0.29) is 0 Å². The lowest BCUT2D eigenvalue weighted by Crippen LogP contribution is -1.91. The number of rotatable bonds is 1. The Kier molecular flexibility index (Phi) is 1.92. The van der Waals surface area contributed by atoms with E-state index in [4.69, 9.17) is 5.21 Å². The van der Waals surface area contributed by atoms with Gasteiger partial charge in [-0.3, -0.25) is 10.7 Å². The predicted molar refractivity (Wildman–Crippen MR) is 41.3 cm³/mol. The van der Waals surface area contributed by atoms with E-state index in [2.05, 4.69) is 5.48 Å². The Labute approximate surface area is 60.5 Å². The quantitative estimate of drug-likeness (QED) is 0.581. The van der Waals surface area contributed by atoms with Crippen molar-refractivity contribution in [2.24, 2.45) is 0 Å². The number of aryl methyl sites for hydroxylation is 2. The summed E-state index contributed by atoms with van der Waals surface area (Å²) in [5.41, 5.74) is 5.15. The van der Waals surface area contributed by atoms with Crippen molar-refractivity contribution in [2.45, 2.75) is 13.8 Å². The molecule has 0 aliphatic heterocycles. The SMILES string of the molecule is Cc1ccc(NO)c(C)c1. The lowest BCUT2D eigenvalue weighted by atomic mass is 10.1. The van der Waals surface area contributed by atoms with Crippen LogP contribution in [-0.4, -0.2) is 5.21 Å². The van der Waals surface area contributed by atoms with E-state index in [1.807, 2.05) is 32.0 Å². The molecule has 0 bridgehead atoms. The topological polar surface area (TPSA) is 32.3 Å². The second-order valence-corrected chi connectivity index (χ2v) is 2.43. The summed E-state index contributed by atoms with van der Waals surface area (Å²) in [7, 11) is 0. The van der Waals surface area contributed by atoms with Gasteiger partial charge in [0.25, 0.3) is 0 Å². The molecular weight excluding hydrogens is 126 g/mol. The smallest absolute Gasteiger partial charge is 0.0631 e. The van der Waals surface area contributed by atoms with E-state index >= 15 is 0 Å². The van der Waals surface area contributed by atoms with Crippen molar-refractivity contribution in [1.29, 1.82) is 0 Å². The minimum absolute atomic E-state index is 0.769. The van der Waals surface area contributed by atoms with Crippen molar-refractivity contribution in [3.8, 4) is 0 Å². The molecule has 1 rings (SSSR count). The summed E-state index contributed by atoms with van der Waals surface area (Å²) in [4.78, 5) is 0. The molecule has 0 aliphatic rings. The van der Waals surface area contributed by atoms with Crippen LogP contribution in [0, 0.1) is 13.8 Å². The fourth-order valence-electron chi connectivity index (χ4n) is 0.939. The van der Waals surface area contributed by atoms with Crippen molar-refractivity contribution >= 4 is 5.69 Å². The first-order chi connectivity index (χ1) is 4.74. The summed E-state index contributed by atoms with van der Waals surface area (Å²) in [6.07, 6.45) is 0. The largest absolute Gasteiger partial charge is 0.291 e. The summed E-state index contributed by atoms with van der Waals surface area (Å²) in [6.45, 7) is 3.97. The predicted octanol–water partition coefficient (Wildman–Crippen LogP) is 2.10. The normalized spacial score (nSPS) is 9.50. The van der Waals surface area contributed by atoms with Crippen LogP contribution in [0.25, 0.3) is 0 Å². The Hall–Kier alpha value is -1.02. The number of hydrogen-bond donors (Lipinski definition) is 2. The first-order valence-corrected chi connectivity index (χ1v) is 3.21. The zero-order valence-corrected chi connectivity index (χ0v) is 6.18. The molecule has 0 saturated heterocycles. The third-order valence-electron chi connectivity index (χ3n) is 1.50. The molecule has 2 nitrogen and oxygen atoms in total. The molecule has 0 heterocycles. The Morgan fingerprint density at radius 3 is 2.50 bits per heavy atom. The first-order valence-electron chi connectivity index (χ1n) is 3.21. The molecule has 0 amide bonds. The molecule has 0 spiro atoms. The third-order valence-corrected chi connectivity index (χ3v) is 1.50. The van der Waals surface area contributed by atoms with E-state index in [1.165, 1.54) is 5.56 Å². The van der Waals surface area contributed by atoms with Gasteiger partial charge in [0, 0.05) is 0 Å². The first kappa shape index (κ1) is 7.09. The highest BCUT2D eigenvalue weighted by Gasteiger charge is 1.93. The van der Waals surface area contributed by atoms with Gasteiger partial charge in [-0.2, -0.15) is 0 Å². The molecule has 1 aromatic rings. The van der Waals surface area contributed by atoms with Gasteiger partial charge in [0.15, 0.2) is 0 Å². The van der Waals surface area contributed by atoms with Crippen LogP contribution in [0.1, 0.15) is 11.1 Å². The molecule has 0 unspecified atom stereocenters. The number of anilines is 1. The third kappa shape index (κ3) is 1.28. The van der Waals surface area contributed by atoms with Crippen molar-refractivity contribution < 1.29 is 5.21 Å². The van der Waals surface area contributed by atoms with Crippen molar-refractivity contribution in [3.05, 3.63) is 29.3 Å². The van der Waals surface area contributed by atoms with Crippen molar-refractivity contribution in [1.82, 2.24) is 0 Å². The zero-order valence-electron chi connectivity index (χ0n) is 6.18. The van der Waals surface area contributed by atoms with Crippen LogP contribution < -0.4 is 5.48 Å². The van der Waals surface area contributed by atoms with E-state index < -0.39 is 0 Å². The summed E-state index contributed by atoms with van der Waals surface area (Å²) in [6, 6.07) is 5.81. The highest BCUT2D eigenvalue weighted by Crippen LogP contribution is 2.14. The Bertz CT molecular complexity index is 233. The zero-order chi connectivity index (χ0) is 7.56. The second kappa shape index (κ2) is 2.71. The summed E-state index contributed by atoms with van der Waals surface area (Å²) < 4.78 is 0. The maximum atomic E-state index is 8.56. The molecule has 1 aromatic carbocycles. The molecule has 0 atom stereocenters. The lowest BCUT2D eigenvalue weighted by molar-refractivity contribution is 0.388. The lowest BCUT2D eigenvalue weighted by Gasteiger charge is -2.02. The Balaban J connectivity index is 3.07. The van der Waals surface area contributed by atoms with E-state index in [0.29, 0.717) is 0 Å². The minimum Gasteiger partial charge on any atom is -0.291 e. The maximum absolute atomic E-state index is 8.56. The minimum atomic E-state index is 0.769. The van der Waals surface area contributed by atoms with Gasteiger partial charge in [-0.1, -0.05) is 17.7 Å². The molecule has 0 fully saturated rings. The fraction of sp³-hybridized carbons (Fsp3) is 0.250. The standard InChI is InChI=1S/C8H11NO/c1-6-3-4-8(9-10)7(2)5-6/h3-5,9-10H,1-2H3. The molecule has 0 aromatic heterocycles. The van der Waals surface area contributed by atoms with Crippen LogP contribution in [0.5, 0.6) is 0 Å². The van der Waals surface area contributed by atoms with Crippen LogP contribution >= 0.6 is 0 Å². The van der Waals surface area contributed by atoms with Crippen molar-refractivity contribution in [3.63, 3.8) is 0 Å². The molecule has 0 saturated carbocycles. The highest BCUT2D eigenvalue weighted by atomic mass is 16.5. The van der Waals surface area contributed by atoms with Gasteiger partial charge in [0.05, 0.1) is 5.69 Å². The summed E-state index contributed by atoms with van der Waals surface area (Å²) in [5, 5.41) is 8.56. The van der Waals surface area contributed by atoms with Gasteiger partial charge in [0.2, 0.25) is 0 Å². The van der Waals surface area contributed by atoms with Crippen LogP contribution in [-0.2, 0) is 0 Å².